The molecule has 0 atom stereocenters. The van der Waals surface area contributed by atoms with E-state index in [4.69, 9.17) is 4.74 Å². The predicted octanol–water partition coefficient (Wildman–Crippen LogP) is 2.30. The second-order valence-electron chi connectivity index (χ2n) is 6.53. The van der Waals surface area contributed by atoms with Gasteiger partial charge in [0.05, 0.1) is 22.2 Å². The van der Waals surface area contributed by atoms with Crippen molar-refractivity contribution in [2.75, 3.05) is 20.2 Å². The molecule has 0 unspecified atom stereocenters. The number of methoxy groups -OCH3 is 1. The summed E-state index contributed by atoms with van der Waals surface area (Å²) in [5.41, 5.74) is 1.37. The van der Waals surface area contributed by atoms with Crippen molar-refractivity contribution in [2.24, 2.45) is 0 Å². The van der Waals surface area contributed by atoms with Crippen LogP contribution in [-0.4, -0.2) is 46.6 Å². The van der Waals surface area contributed by atoms with E-state index in [1.807, 2.05) is 0 Å². The van der Waals surface area contributed by atoms with Gasteiger partial charge in [-0.05, 0) is 61.4 Å². The quantitative estimate of drug-likeness (QED) is 0.703. The molecule has 0 aromatic heterocycles. The summed E-state index contributed by atoms with van der Waals surface area (Å²) in [4.78, 5) is 0.0954. The Kier molecular flexibility index (Phi) is 5.04. The Morgan fingerprint density at radius 2 is 1.48 bits per heavy atom. The highest BCUT2D eigenvalue weighted by molar-refractivity contribution is 7.92. The van der Waals surface area contributed by atoms with E-state index >= 15 is 0 Å². The molecule has 9 heteroatoms. The van der Waals surface area contributed by atoms with Gasteiger partial charge in [-0.25, -0.2) is 21.2 Å². The smallest absolute Gasteiger partial charge is 0.243 e. The lowest BCUT2D eigenvalue weighted by molar-refractivity contribution is 0.309. The van der Waals surface area contributed by atoms with Crippen LogP contribution >= 0.6 is 0 Å². The third kappa shape index (κ3) is 3.46. The lowest BCUT2D eigenvalue weighted by Crippen LogP contribution is -2.56. The highest BCUT2D eigenvalue weighted by Gasteiger charge is 2.44. The van der Waals surface area contributed by atoms with E-state index in [0.717, 1.165) is 16.4 Å². The van der Waals surface area contributed by atoms with Crippen LogP contribution in [0.1, 0.15) is 11.1 Å². The van der Waals surface area contributed by atoms with Gasteiger partial charge >= 0.3 is 0 Å². The fourth-order valence-corrected chi connectivity index (χ4v) is 6.68. The Morgan fingerprint density at radius 3 is 1.96 bits per heavy atom. The summed E-state index contributed by atoms with van der Waals surface area (Å²) in [5.74, 6) is 0.0892. The zero-order valence-electron chi connectivity index (χ0n) is 15.1. The molecule has 1 fully saturated rings. The maximum absolute atomic E-state index is 13.0. The van der Waals surface area contributed by atoms with Gasteiger partial charge in [0.2, 0.25) is 10.0 Å². The molecule has 3 rings (SSSR count). The Hall–Kier alpha value is -1.97. The molecule has 0 spiro atoms. The van der Waals surface area contributed by atoms with Gasteiger partial charge in [0, 0.05) is 13.1 Å². The second kappa shape index (κ2) is 6.88. The molecule has 0 aliphatic carbocycles. The average Bonchev–Trinajstić information content (AvgIpc) is 2.53. The fraction of sp³-hybridized carbons (Fsp3) is 0.333. The third-order valence-electron chi connectivity index (χ3n) is 4.67. The number of sulfone groups is 1. The summed E-state index contributed by atoms with van der Waals surface area (Å²) in [6.07, 6.45) is 0. The molecule has 0 bridgehead atoms. The molecular weight excluding hydrogens is 393 g/mol. The Morgan fingerprint density at radius 1 is 0.963 bits per heavy atom. The average molecular weight is 413 g/mol. The molecule has 6 nitrogen and oxygen atoms in total. The van der Waals surface area contributed by atoms with E-state index < -0.39 is 30.9 Å². The summed E-state index contributed by atoms with van der Waals surface area (Å²) in [6, 6.07) is 7.56. The van der Waals surface area contributed by atoms with Crippen molar-refractivity contribution < 1.29 is 26.0 Å². The highest BCUT2D eigenvalue weighted by atomic mass is 32.2. The zero-order chi connectivity index (χ0) is 20.0. The largest absolute Gasteiger partial charge is 0.496 e. The van der Waals surface area contributed by atoms with Crippen molar-refractivity contribution in [1.82, 2.24) is 4.31 Å². The van der Waals surface area contributed by atoms with Gasteiger partial charge in [0.1, 0.15) is 11.6 Å². The molecule has 2 aromatic carbocycles. The number of benzene rings is 2. The van der Waals surface area contributed by atoms with Crippen molar-refractivity contribution >= 4 is 19.9 Å². The Bertz CT molecular complexity index is 1050. The van der Waals surface area contributed by atoms with Gasteiger partial charge in [-0.3, -0.25) is 0 Å². The predicted molar refractivity (Wildman–Crippen MR) is 98.6 cm³/mol. The third-order valence-corrected chi connectivity index (χ3v) is 8.59. The molecule has 0 radical (unpaired) electrons. The summed E-state index contributed by atoms with van der Waals surface area (Å²) in [6.45, 7) is 3.24. The molecule has 146 valence electrons. The van der Waals surface area contributed by atoms with Gasteiger partial charge in [-0.1, -0.05) is 0 Å². The van der Waals surface area contributed by atoms with E-state index in [2.05, 4.69) is 0 Å². The summed E-state index contributed by atoms with van der Waals surface area (Å²) < 4.78 is 70.2. The van der Waals surface area contributed by atoms with E-state index in [1.165, 1.54) is 31.4 Å². The van der Waals surface area contributed by atoms with Crippen molar-refractivity contribution in [3.05, 3.63) is 53.3 Å². The first-order chi connectivity index (χ1) is 12.6. The number of hydrogen-bond acceptors (Lipinski definition) is 5. The second-order valence-corrected chi connectivity index (χ2v) is 10.7. The standard InChI is InChI=1S/C18H20FNO5S2/c1-12-8-16(9-13(2)18(12)25-3)27(23,24)20-10-17(11-20)26(21,22)15-6-4-14(19)5-7-15/h4-9,17H,10-11H2,1-3H3. The first-order valence-electron chi connectivity index (χ1n) is 8.22. The number of nitrogens with zero attached hydrogens (tertiary/aromatic N) is 1. The van der Waals surface area contributed by atoms with Crippen LogP contribution in [0.2, 0.25) is 0 Å². The SMILES string of the molecule is COc1c(C)cc(S(=O)(=O)N2CC(S(=O)(=O)c3ccc(F)cc3)C2)cc1C. The summed E-state index contributed by atoms with van der Waals surface area (Å²) >= 11 is 0. The zero-order valence-corrected chi connectivity index (χ0v) is 16.8. The topological polar surface area (TPSA) is 80.8 Å². The van der Waals surface area contributed by atoms with Gasteiger partial charge in [0.25, 0.3) is 0 Å². The van der Waals surface area contributed by atoms with Crippen molar-refractivity contribution in [1.29, 1.82) is 0 Å². The van der Waals surface area contributed by atoms with Crippen LogP contribution in [0.5, 0.6) is 5.75 Å². The lowest BCUT2D eigenvalue weighted by atomic mass is 10.1. The number of halogens is 1. The summed E-state index contributed by atoms with van der Waals surface area (Å²) in [5, 5.41) is -0.849. The van der Waals surface area contributed by atoms with Gasteiger partial charge in [-0.2, -0.15) is 4.31 Å². The van der Waals surface area contributed by atoms with E-state index in [0.29, 0.717) is 16.9 Å². The minimum Gasteiger partial charge on any atom is -0.496 e. The van der Waals surface area contributed by atoms with E-state index in [-0.39, 0.29) is 22.9 Å². The van der Waals surface area contributed by atoms with Crippen molar-refractivity contribution in [2.45, 2.75) is 28.9 Å². The number of sulfonamides is 1. The first-order valence-corrected chi connectivity index (χ1v) is 11.2. The van der Waals surface area contributed by atoms with Crippen molar-refractivity contribution in [3.8, 4) is 5.75 Å². The van der Waals surface area contributed by atoms with Crippen LogP contribution in [-0.2, 0) is 19.9 Å². The van der Waals surface area contributed by atoms with Gasteiger partial charge < -0.3 is 4.74 Å². The van der Waals surface area contributed by atoms with Crippen LogP contribution < -0.4 is 4.74 Å². The molecule has 1 aliphatic heterocycles. The normalized spacial score (nSPS) is 16.1. The van der Waals surface area contributed by atoms with Crippen LogP contribution in [0, 0.1) is 19.7 Å². The monoisotopic (exact) mass is 413 g/mol. The molecule has 1 saturated heterocycles. The molecule has 1 heterocycles. The molecular formula is C18H20FNO5S2. The molecule has 27 heavy (non-hydrogen) atoms. The highest BCUT2D eigenvalue weighted by Crippen LogP contribution is 2.32. The fourth-order valence-electron chi connectivity index (χ4n) is 3.14. The van der Waals surface area contributed by atoms with Gasteiger partial charge in [-0.15, -0.1) is 0 Å². The Labute approximate surface area is 158 Å². The van der Waals surface area contributed by atoms with Crippen LogP contribution in [0.15, 0.2) is 46.2 Å². The Balaban J connectivity index is 1.81. The number of ether oxygens (including phenoxy) is 1. The molecule has 2 aromatic rings. The maximum atomic E-state index is 13.0. The van der Waals surface area contributed by atoms with Crippen LogP contribution in [0.25, 0.3) is 0 Å². The minimum absolute atomic E-state index is 0.0120. The number of aryl methyl sites for hydroxylation is 2. The van der Waals surface area contributed by atoms with Crippen LogP contribution in [0.3, 0.4) is 0 Å². The minimum atomic E-state index is -3.80. The maximum Gasteiger partial charge on any atom is 0.243 e. The van der Waals surface area contributed by atoms with Gasteiger partial charge in [0.15, 0.2) is 9.84 Å². The van der Waals surface area contributed by atoms with Crippen molar-refractivity contribution in [3.63, 3.8) is 0 Å². The van der Waals surface area contributed by atoms with E-state index in [1.54, 1.807) is 13.8 Å². The first kappa shape index (κ1) is 19.8. The lowest BCUT2D eigenvalue weighted by Gasteiger charge is -2.37. The van der Waals surface area contributed by atoms with Crippen LogP contribution in [0.4, 0.5) is 4.39 Å². The molecule has 1 aliphatic rings. The van der Waals surface area contributed by atoms with E-state index in [9.17, 15) is 21.2 Å². The summed E-state index contributed by atoms with van der Waals surface area (Å²) in [7, 11) is -6.00. The number of hydrogen-bond donors (Lipinski definition) is 0. The molecule has 0 saturated carbocycles. The number of rotatable bonds is 5. The molecule has 0 N–H and O–H groups in total. The molecule has 0 amide bonds.